The third kappa shape index (κ3) is 3.02. The molecule has 1 fully saturated rings. The molecule has 2 aliphatic heterocycles. The van der Waals surface area contributed by atoms with Crippen molar-refractivity contribution in [3.05, 3.63) is 65.2 Å². The number of nitrogens with one attached hydrogen (secondary N) is 1. The SMILES string of the molecule is NCC1CC[C@@H]2C(O1)c1cc(C(F)F)ccc1N[C@H]2c1ccccc1. The summed E-state index contributed by atoms with van der Waals surface area (Å²) in [5.74, 6) is 0.200. The van der Waals surface area contributed by atoms with Crippen LogP contribution in [0.3, 0.4) is 0 Å². The molecule has 2 aromatic rings. The second-order valence-electron chi connectivity index (χ2n) is 6.84. The molecule has 0 aliphatic carbocycles. The lowest BCUT2D eigenvalue weighted by Crippen LogP contribution is -2.41. The van der Waals surface area contributed by atoms with E-state index in [1.165, 1.54) is 11.6 Å². The number of halogens is 2. The molecule has 132 valence electrons. The Morgan fingerprint density at radius 1 is 1.12 bits per heavy atom. The van der Waals surface area contributed by atoms with Gasteiger partial charge in [-0.3, -0.25) is 0 Å². The molecular formula is C20H22F2N2O. The van der Waals surface area contributed by atoms with Gasteiger partial charge in [-0.25, -0.2) is 8.78 Å². The highest BCUT2D eigenvalue weighted by molar-refractivity contribution is 5.58. The second kappa shape index (κ2) is 6.73. The molecule has 2 unspecified atom stereocenters. The Kier molecular flexibility index (Phi) is 4.44. The van der Waals surface area contributed by atoms with Crippen LogP contribution in [0.15, 0.2) is 48.5 Å². The maximum atomic E-state index is 13.2. The first-order valence-electron chi connectivity index (χ1n) is 8.76. The number of fused-ring (bicyclic) bond motifs is 3. The summed E-state index contributed by atoms with van der Waals surface area (Å²) in [4.78, 5) is 0. The van der Waals surface area contributed by atoms with E-state index >= 15 is 0 Å². The van der Waals surface area contributed by atoms with Crippen LogP contribution < -0.4 is 11.1 Å². The van der Waals surface area contributed by atoms with Crippen LogP contribution in [0.5, 0.6) is 0 Å². The van der Waals surface area contributed by atoms with Crippen molar-refractivity contribution in [2.45, 2.75) is 37.5 Å². The number of anilines is 1. The van der Waals surface area contributed by atoms with E-state index < -0.39 is 6.43 Å². The predicted molar refractivity (Wildman–Crippen MR) is 93.6 cm³/mol. The van der Waals surface area contributed by atoms with Crippen LogP contribution in [-0.4, -0.2) is 12.6 Å². The van der Waals surface area contributed by atoms with Gasteiger partial charge < -0.3 is 15.8 Å². The summed E-state index contributed by atoms with van der Waals surface area (Å²) in [6, 6.07) is 15.2. The number of ether oxygens (including phenoxy) is 1. The van der Waals surface area contributed by atoms with Crippen molar-refractivity contribution >= 4 is 5.69 Å². The maximum absolute atomic E-state index is 13.2. The zero-order valence-electron chi connectivity index (χ0n) is 13.9. The number of alkyl halides is 2. The van der Waals surface area contributed by atoms with Gasteiger partial charge in [0.05, 0.1) is 18.2 Å². The summed E-state index contributed by atoms with van der Waals surface area (Å²) in [6.45, 7) is 0.455. The molecule has 3 nitrogen and oxygen atoms in total. The number of hydrogen-bond donors (Lipinski definition) is 2. The maximum Gasteiger partial charge on any atom is 0.263 e. The van der Waals surface area contributed by atoms with Gasteiger partial charge in [-0.15, -0.1) is 0 Å². The first-order chi connectivity index (χ1) is 12.2. The number of benzene rings is 2. The smallest absolute Gasteiger partial charge is 0.263 e. The molecule has 0 amide bonds. The Morgan fingerprint density at radius 2 is 1.92 bits per heavy atom. The molecule has 25 heavy (non-hydrogen) atoms. The molecule has 0 bridgehead atoms. The highest BCUT2D eigenvalue weighted by Gasteiger charge is 2.42. The van der Waals surface area contributed by atoms with E-state index in [9.17, 15) is 8.78 Å². The zero-order chi connectivity index (χ0) is 17.4. The summed E-state index contributed by atoms with van der Waals surface area (Å²) in [5.41, 5.74) is 8.74. The summed E-state index contributed by atoms with van der Waals surface area (Å²) in [7, 11) is 0. The highest BCUT2D eigenvalue weighted by Crippen LogP contribution is 2.50. The molecule has 4 rings (SSSR count). The fourth-order valence-electron chi connectivity index (χ4n) is 4.07. The first-order valence-corrected chi connectivity index (χ1v) is 8.76. The molecule has 0 saturated carbocycles. The first kappa shape index (κ1) is 16.5. The quantitative estimate of drug-likeness (QED) is 0.856. The van der Waals surface area contributed by atoms with Gasteiger partial charge in [0.25, 0.3) is 6.43 Å². The number of nitrogens with two attached hydrogens (primary N) is 1. The van der Waals surface area contributed by atoms with Crippen molar-refractivity contribution in [2.75, 3.05) is 11.9 Å². The molecule has 0 aromatic heterocycles. The summed E-state index contributed by atoms with van der Waals surface area (Å²) in [5, 5.41) is 3.56. The van der Waals surface area contributed by atoms with Gasteiger partial charge in [0, 0.05) is 29.3 Å². The molecule has 2 aromatic carbocycles. The minimum atomic E-state index is -2.48. The Hall–Kier alpha value is -1.98. The average Bonchev–Trinajstić information content (AvgIpc) is 2.67. The lowest BCUT2D eigenvalue weighted by molar-refractivity contribution is -0.0887. The highest BCUT2D eigenvalue weighted by atomic mass is 19.3. The lowest BCUT2D eigenvalue weighted by atomic mass is 9.76. The van der Waals surface area contributed by atoms with Gasteiger partial charge in [-0.05, 0) is 30.5 Å². The van der Waals surface area contributed by atoms with E-state index in [1.54, 1.807) is 12.1 Å². The van der Waals surface area contributed by atoms with Crippen LogP contribution in [0.4, 0.5) is 14.5 Å². The molecule has 5 heteroatoms. The third-order valence-corrected chi connectivity index (χ3v) is 5.34. The van der Waals surface area contributed by atoms with Crippen LogP contribution in [0.25, 0.3) is 0 Å². The molecule has 0 radical (unpaired) electrons. The van der Waals surface area contributed by atoms with Crippen LogP contribution in [0, 0.1) is 5.92 Å². The van der Waals surface area contributed by atoms with E-state index in [-0.39, 0.29) is 29.7 Å². The predicted octanol–water partition coefficient (Wildman–Crippen LogP) is 4.59. The van der Waals surface area contributed by atoms with Gasteiger partial charge in [0.2, 0.25) is 0 Å². The molecule has 2 aliphatic rings. The van der Waals surface area contributed by atoms with Crippen molar-refractivity contribution in [3.8, 4) is 0 Å². The van der Waals surface area contributed by atoms with E-state index in [1.807, 2.05) is 18.2 Å². The lowest BCUT2D eigenvalue weighted by Gasteiger charge is -2.45. The van der Waals surface area contributed by atoms with E-state index in [4.69, 9.17) is 10.5 Å². The molecule has 1 saturated heterocycles. The molecule has 3 N–H and O–H groups in total. The number of hydrogen-bond acceptors (Lipinski definition) is 3. The van der Waals surface area contributed by atoms with Crippen molar-refractivity contribution in [1.29, 1.82) is 0 Å². The van der Waals surface area contributed by atoms with Gasteiger partial charge in [-0.1, -0.05) is 36.4 Å². The van der Waals surface area contributed by atoms with Crippen molar-refractivity contribution in [1.82, 2.24) is 0 Å². The van der Waals surface area contributed by atoms with Crippen molar-refractivity contribution in [2.24, 2.45) is 11.7 Å². The van der Waals surface area contributed by atoms with Crippen molar-refractivity contribution < 1.29 is 13.5 Å². The second-order valence-corrected chi connectivity index (χ2v) is 6.84. The fraction of sp³-hybridized carbons (Fsp3) is 0.400. The Balaban J connectivity index is 1.76. The summed E-state index contributed by atoms with van der Waals surface area (Å²) >= 11 is 0. The monoisotopic (exact) mass is 344 g/mol. The normalized spacial score (nSPS) is 28.2. The third-order valence-electron chi connectivity index (χ3n) is 5.34. The molecular weight excluding hydrogens is 322 g/mol. The van der Waals surface area contributed by atoms with Gasteiger partial charge in [0.1, 0.15) is 0 Å². The van der Waals surface area contributed by atoms with Crippen molar-refractivity contribution in [3.63, 3.8) is 0 Å². The van der Waals surface area contributed by atoms with Crippen LogP contribution in [0.1, 0.15) is 48.1 Å². The zero-order valence-corrected chi connectivity index (χ0v) is 13.9. The Labute approximate surface area is 146 Å². The molecule has 2 heterocycles. The van der Waals surface area contributed by atoms with Crippen LogP contribution >= 0.6 is 0 Å². The van der Waals surface area contributed by atoms with Crippen LogP contribution in [0.2, 0.25) is 0 Å². The standard InChI is InChI=1S/C20H22F2N2O/c21-20(22)13-6-9-17-16(10-13)19-15(8-7-14(11-23)25-19)18(24-17)12-4-2-1-3-5-12/h1-6,9-10,14-15,18-20,24H,7-8,11,23H2/t14?,15-,18-,19?/m0/s1. The topological polar surface area (TPSA) is 47.3 Å². The van der Waals surface area contributed by atoms with Gasteiger partial charge in [-0.2, -0.15) is 0 Å². The van der Waals surface area contributed by atoms with Gasteiger partial charge in [0.15, 0.2) is 0 Å². The summed E-state index contributed by atoms with van der Waals surface area (Å²) < 4.78 is 32.6. The molecule has 4 atom stereocenters. The minimum Gasteiger partial charge on any atom is -0.378 e. The van der Waals surface area contributed by atoms with Gasteiger partial charge >= 0.3 is 0 Å². The molecule has 0 spiro atoms. The Morgan fingerprint density at radius 3 is 2.64 bits per heavy atom. The van der Waals surface area contributed by atoms with E-state index in [0.29, 0.717) is 6.54 Å². The van der Waals surface area contributed by atoms with E-state index in [0.717, 1.165) is 24.1 Å². The largest absolute Gasteiger partial charge is 0.378 e. The minimum absolute atomic E-state index is 0.0150. The van der Waals surface area contributed by atoms with E-state index in [2.05, 4.69) is 17.4 Å². The summed E-state index contributed by atoms with van der Waals surface area (Å²) in [6.07, 6.45) is -0.852. The number of rotatable bonds is 3. The Bertz CT molecular complexity index is 738. The average molecular weight is 344 g/mol. The fourth-order valence-corrected chi connectivity index (χ4v) is 4.07. The van der Waals surface area contributed by atoms with Crippen LogP contribution in [-0.2, 0) is 4.74 Å².